The minimum Gasteiger partial charge on any atom is -0.310 e. The van der Waals surface area contributed by atoms with E-state index in [0.717, 1.165) is 17.1 Å². The molecule has 0 aliphatic heterocycles. The molecule has 0 spiro atoms. The van der Waals surface area contributed by atoms with E-state index in [-0.39, 0.29) is 0 Å². The lowest BCUT2D eigenvalue weighted by atomic mass is 9.98. The molecule has 0 unspecified atom stereocenters. The maximum absolute atomic E-state index is 2.40. The van der Waals surface area contributed by atoms with Crippen molar-refractivity contribution < 1.29 is 0 Å². The monoisotopic (exact) mass is 603 g/mol. The van der Waals surface area contributed by atoms with Crippen LogP contribution in [0.3, 0.4) is 0 Å². The molecule has 0 radical (unpaired) electrons. The Labute approximate surface area is 272 Å². The van der Waals surface area contributed by atoms with Crippen molar-refractivity contribution in [1.82, 2.24) is 0 Å². The van der Waals surface area contributed by atoms with E-state index in [1.807, 2.05) is 11.3 Å². The van der Waals surface area contributed by atoms with Crippen LogP contribution in [0, 0.1) is 0 Å². The molecule has 0 N–H and O–H groups in total. The zero-order valence-corrected chi connectivity index (χ0v) is 25.9. The molecule has 1 aromatic heterocycles. The highest BCUT2D eigenvalue weighted by molar-refractivity contribution is 7.26. The maximum atomic E-state index is 2.40. The molecule has 1 nitrogen and oxygen atoms in total. The van der Waals surface area contributed by atoms with Gasteiger partial charge in [-0.25, -0.2) is 0 Å². The van der Waals surface area contributed by atoms with Crippen molar-refractivity contribution in [2.24, 2.45) is 0 Å². The van der Waals surface area contributed by atoms with Crippen LogP contribution < -0.4 is 4.90 Å². The summed E-state index contributed by atoms with van der Waals surface area (Å²) in [5.41, 5.74) is 8.26. The van der Waals surface area contributed by atoms with Crippen LogP contribution >= 0.6 is 11.3 Å². The molecule has 0 bridgehead atoms. The van der Waals surface area contributed by atoms with Crippen LogP contribution in [0.5, 0.6) is 0 Å². The van der Waals surface area contributed by atoms with E-state index >= 15 is 0 Å². The summed E-state index contributed by atoms with van der Waals surface area (Å²) >= 11 is 1.87. The van der Waals surface area contributed by atoms with Gasteiger partial charge in [-0.2, -0.15) is 0 Å². The zero-order valence-electron chi connectivity index (χ0n) is 25.1. The molecule has 0 saturated heterocycles. The van der Waals surface area contributed by atoms with Gasteiger partial charge in [0.05, 0.1) is 0 Å². The smallest absolute Gasteiger partial charge is 0.0468 e. The van der Waals surface area contributed by atoms with E-state index < -0.39 is 0 Å². The largest absolute Gasteiger partial charge is 0.310 e. The van der Waals surface area contributed by atoms with Gasteiger partial charge in [0, 0.05) is 37.2 Å². The number of fused-ring (bicyclic) bond motifs is 6. The summed E-state index contributed by atoms with van der Waals surface area (Å²) in [5, 5.41) is 7.74. The minimum atomic E-state index is 1.12. The first-order valence-corrected chi connectivity index (χ1v) is 16.5. The first-order valence-electron chi connectivity index (χ1n) is 15.7. The van der Waals surface area contributed by atoms with Crippen molar-refractivity contribution >= 4 is 70.1 Å². The van der Waals surface area contributed by atoms with E-state index in [2.05, 4.69) is 181 Å². The molecule has 0 fully saturated rings. The molecule has 0 aliphatic rings. The van der Waals surface area contributed by atoms with Crippen molar-refractivity contribution in [3.05, 3.63) is 176 Å². The van der Waals surface area contributed by atoms with Gasteiger partial charge in [0.2, 0.25) is 0 Å². The summed E-state index contributed by atoms with van der Waals surface area (Å²) in [7, 11) is 0. The van der Waals surface area contributed by atoms with Gasteiger partial charge in [0.1, 0.15) is 0 Å². The molecule has 0 aliphatic carbocycles. The zero-order chi connectivity index (χ0) is 30.5. The third-order valence-electron chi connectivity index (χ3n) is 9.04. The van der Waals surface area contributed by atoms with E-state index in [9.17, 15) is 0 Å². The molecule has 2 heteroatoms. The van der Waals surface area contributed by atoms with Crippen molar-refractivity contribution in [1.29, 1.82) is 0 Å². The van der Waals surface area contributed by atoms with Crippen LogP contribution in [0.4, 0.5) is 17.1 Å². The fourth-order valence-corrected chi connectivity index (χ4v) is 7.95. The average Bonchev–Trinajstić information content (AvgIpc) is 3.51. The number of hydrogen-bond donors (Lipinski definition) is 0. The number of nitrogens with zero attached hydrogens (tertiary/aromatic N) is 1. The van der Waals surface area contributed by atoms with Gasteiger partial charge in [0.15, 0.2) is 0 Å². The quantitative estimate of drug-likeness (QED) is 0.189. The molecule has 1 heterocycles. The van der Waals surface area contributed by atoms with Crippen molar-refractivity contribution in [3.63, 3.8) is 0 Å². The Hall–Kier alpha value is -5.70. The summed E-state index contributed by atoms with van der Waals surface area (Å²) in [5.74, 6) is 0. The van der Waals surface area contributed by atoms with Gasteiger partial charge >= 0.3 is 0 Å². The van der Waals surface area contributed by atoms with Gasteiger partial charge in [-0.05, 0) is 92.3 Å². The Kier molecular flexibility index (Phi) is 6.40. The third-order valence-corrected chi connectivity index (χ3v) is 10.2. The molecule has 0 saturated carbocycles. The molecular formula is C44H29NS. The fraction of sp³-hybridized carbons (Fsp3) is 0. The van der Waals surface area contributed by atoms with E-state index in [4.69, 9.17) is 0 Å². The van der Waals surface area contributed by atoms with Gasteiger partial charge in [-0.15, -0.1) is 11.3 Å². The van der Waals surface area contributed by atoms with Gasteiger partial charge in [-0.1, -0.05) is 127 Å². The number of anilines is 3. The average molecular weight is 604 g/mol. The lowest BCUT2D eigenvalue weighted by Crippen LogP contribution is -2.10. The van der Waals surface area contributed by atoms with Crippen LogP contribution in [0.15, 0.2) is 176 Å². The molecule has 0 amide bonds. The second-order valence-corrected chi connectivity index (χ2v) is 12.9. The van der Waals surface area contributed by atoms with Crippen molar-refractivity contribution in [3.8, 4) is 22.3 Å². The summed E-state index contributed by atoms with van der Waals surface area (Å²) in [6, 6.07) is 63.9. The maximum Gasteiger partial charge on any atom is 0.0468 e. The lowest BCUT2D eigenvalue weighted by Gasteiger charge is -2.26. The molecule has 9 aromatic rings. The fourth-order valence-electron chi connectivity index (χ4n) is 6.84. The number of rotatable bonds is 5. The standard InChI is InChI=1S/C44H29NS/c1-2-10-30(11-3-1)34-15-8-16-36(28-34)45(35-23-20-33(21-24-35)39-19-9-14-31-12-4-6-17-38(31)39)37-25-27-42-41(29-37)44-40-18-7-5-13-32(40)22-26-43(44)46-42/h1-29H. The molecular weight excluding hydrogens is 575 g/mol. The normalized spacial score (nSPS) is 11.5. The van der Waals surface area contributed by atoms with Crippen LogP contribution in [-0.4, -0.2) is 0 Å². The minimum absolute atomic E-state index is 1.12. The van der Waals surface area contributed by atoms with E-state index in [0.29, 0.717) is 0 Å². The van der Waals surface area contributed by atoms with Gasteiger partial charge < -0.3 is 4.90 Å². The highest BCUT2D eigenvalue weighted by atomic mass is 32.1. The predicted octanol–water partition coefficient (Wildman–Crippen LogP) is 13.2. The highest BCUT2D eigenvalue weighted by Gasteiger charge is 2.17. The molecule has 9 rings (SSSR count). The first-order chi connectivity index (χ1) is 22.8. The summed E-state index contributed by atoms with van der Waals surface area (Å²) < 4.78 is 2.63. The Morgan fingerprint density at radius 1 is 0.348 bits per heavy atom. The topological polar surface area (TPSA) is 3.24 Å². The Balaban J connectivity index is 1.23. The van der Waals surface area contributed by atoms with E-state index in [1.165, 1.54) is 64.0 Å². The highest BCUT2D eigenvalue weighted by Crippen LogP contribution is 2.43. The Morgan fingerprint density at radius 2 is 0.978 bits per heavy atom. The van der Waals surface area contributed by atoms with Crippen LogP contribution in [0.25, 0.3) is 64.0 Å². The van der Waals surface area contributed by atoms with Crippen molar-refractivity contribution in [2.75, 3.05) is 4.90 Å². The predicted molar refractivity (Wildman–Crippen MR) is 200 cm³/mol. The number of benzene rings is 8. The Bertz CT molecular complexity index is 2520. The first kappa shape index (κ1) is 26.7. The van der Waals surface area contributed by atoms with Gasteiger partial charge in [0.25, 0.3) is 0 Å². The third kappa shape index (κ3) is 4.54. The summed E-state index contributed by atoms with van der Waals surface area (Å²) in [6.45, 7) is 0. The van der Waals surface area contributed by atoms with Crippen LogP contribution in [0.1, 0.15) is 0 Å². The SMILES string of the molecule is c1ccc(-c2cccc(N(c3ccc(-c4cccc5ccccc45)cc3)c3ccc4sc5ccc6ccccc6c5c4c3)c2)cc1. The van der Waals surface area contributed by atoms with Gasteiger partial charge in [-0.3, -0.25) is 0 Å². The second-order valence-electron chi connectivity index (χ2n) is 11.8. The second kappa shape index (κ2) is 11.0. The molecule has 8 aromatic carbocycles. The van der Waals surface area contributed by atoms with Crippen LogP contribution in [-0.2, 0) is 0 Å². The summed E-state index contributed by atoms with van der Waals surface area (Å²) in [6.07, 6.45) is 0. The van der Waals surface area contributed by atoms with E-state index in [1.54, 1.807) is 0 Å². The molecule has 216 valence electrons. The number of thiophene rings is 1. The Morgan fingerprint density at radius 3 is 1.83 bits per heavy atom. The summed E-state index contributed by atoms with van der Waals surface area (Å²) in [4.78, 5) is 2.40. The molecule has 0 atom stereocenters. The number of hydrogen-bond acceptors (Lipinski definition) is 2. The molecule has 46 heavy (non-hydrogen) atoms. The lowest BCUT2D eigenvalue weighted by molar-refractivity contribution is 1.29. The van der Waals surface area contributed by atoms with Crippen molar-refractivity contribution in [2.45, 2.75) is 0 Å². The van der Waals surface area contributed by atoms with Crippen LogP contribution in [0.2, 0.25) is 0 Å².